The first-order valence-electron chi connectivity index (χ1n) is 2.68. The van der Waals surface area contributed by atoms with Crippen LogP contribution in [0.4, 0.5) is 0 Å². The standard InChI is InChI=1S/C4H9O5PS2/c1-6-4(7-2)3-10(5,8-11)9-12/h3,11-12H,1-2H3. The van der Waals surface area contributed by atoms with E-state index in [2.05, 4.69) is 43.2 Å². The van der Waals surface area contributed by atoms with E-state index in [0.29, 0.717) is 0 Å². The Balaban J connectivity index is 4.54. The molecule has 12 heavy (non-hydrogen) atoms. The van der Waals surface area contributed by atoms with Crippen LogP contribution in [-0.4, -0.2) is 14.2 Å². The van der Waals surface area contributed by atoms with Crippen molar-refractivity contribution in [2.24, 2.45) is 0 Å². The fourth-order valence-electron chi connectivity index (χ4n) is 0.380. The van der Waals surface area contributed by atoms with Crippen LogP contribution < -0.4 is 0 Å². The van der Waals surface area contributed by atoms with Gasteiger partial charge < -0.3 is 9.47 Å². The third-order valence-corrected chi connectivity index (χ3v) is 3.24. The smallest absolute Gasteiger partial charge is 0.382 e. The summed E-state index contributed by atoms with van der Waals surface area (Å²) in [7, 11) is -0.766. The van der Waals surface area contributed by atoms with Crippen LogP contribution in [0.5, 0.6) is 0 Å². The zero-order valence-corrected chi connectivity index (χ0v) is 9.14. The van der Waals surface area contributed by atoms with Crippen LogP contribution in [0.1, 0.15) is 0 Å². The van der Waals surface area contributed by atoms with E-state index in [9.17, 15) is 4.57 Å². The van der Waals surface area contributed by atoms with Gasteiger partial charge in [0, 0.05) is 0 Å². The Morgan fingerprint density at radius 1 is 1.25 bits per heavy atom. The highest BCUT2D eigenvalue weighted by molar-refractivity contribution is 7.87. The van der Waals surface area contributed by atoms with Gasteiger partial charge in [0.15, 0.2) is 0 Å². The molecule has 0 aliphatic carbocycles. The minimum Gasteiger partial charge on any atom is -0.469 e. The Labute approximate surface area is 81.8 Å². The van der Waals surface area contributed by atoms with Gasteiger partial charge in [-0.15, -0.1) is 0 Å². The van der Waals surface area contributed by atoms with Crippen LogP contribution in [0.2, 0.25) is 0 Å². The lowest BCUT2D eigenvalue weighted by atomic mass is 11.0. The molecule has 0 spiro atoms. The molecule has 0 bridgehead atoms. The minimum atomic E-state index is -3.45. The van der Waals surface area contributed by atoms with Crippen LogP contribution in [0.15, 0.2) is 11.8 Å². The summed E-state index contributed by atoms with van der Waals surface area (Å²) >= 11 is 6.68. The Hall–Kier alpha value is 0.190. The molecule has 0 aliphatic rings. The number of methoxy groups -OCH3 is 2. The molecule has 0 radical (unpaired) electrons. The lowest BCUT2D eigenvalue weighted by Gasteiger charge is -2.08. The maximum Gasteiger partial charge on any atom is 0.382 e. The molecule has 0 aromatic heterocycles. The van der Waals surface area contributed by atoms with Gasteiger partial charge in [0.05, 0.1) is 14.2 Å². The Morgan fingerprint density at radius 2 is 1.67 bits per heavy atom. The second-order valence-electron chi connectivity index (χ2n) is 1.56. The average molecular weight is 232 g/mol. The van der Waals surface area contributed by atoms with E-state index in [4.69, 9.17) is 0 Å². The molecule has 0 saturated carbocycles. The predicted octanol–water partition coefficient (Wildman–Crippen LogP) is 1.99. The molecule has 8 heteroatoms. The van der Waals surface area contributed by atoms with E-state index in [1.54, 1.807) is 0 Å². The molecule has 0 saturated heterocycles. The molecule has 0 amide bonds. The van der Waals surface area contributed by atoms with E-state index in [0.717, 1.165) is 5.82 Å². The second kappa shape index (κ2) is 5.77. The zero-order chi connectivity index (χ0) is 9.61. The summed E-state index contributed by atoms with van der Waals surface area (Å²) in [6.45, 7) is 0. The average Bonchev–Trinajstić information content (AvgIpc) is 2.14. The van der Waals surface area contributed by atoms with Crippen molar-refractivity contribution in [3.05, 3.63) is 11.8 Å². The SMILES string of the molecule is COC(=CP(=O)(OS)OS)OC. The summed E-state index contributed by atoms with van der Waals surface area (Å²) in [4.78, 5) is 0. The number of rotatable bonds is 5. The molecular weight excluding hydrogens is 223 g/mol. The first-order valence-corrected chi connectivity index (χ1v) is 5.03. The highest BCUT2D eigenvalue weighted by Gasteiger charge is 2.21. The first-order chi connectivity index (χ1) is 5.61. The molecular formula is C4H9O5PS2. The topological polar surface area (TPSA) is 54.0 Å². The maximum absolute atomic E-state index is 11.2. The molecule has 0 atom stereocenters. The van der Waals surface area contributed by atoms with E-state index >= 15 is 0 Å². The fraction of sp³-hybridized carbons (Fsp3) is 0.500. The Morgan fingerprint density at radius 3 is 1.92 bits per heavy atom. The van der Waals surface area contributed by atoms with E-state index in [1.807, 2.05) is 0 Å². The molecule has 0 fully saturated rings. The second-order valence-corrected chi connectivity index (χ2v) is 4.20. The third-order valence-electron chi connectivity index (χ3n) is 0.894. The van der Waals surface area contributed by atoms with Crippen molar-refractivity contribution in [2.75, 3.05) is 14.2 Å². The number of thiol groups is 2. The molecule has 0 aliphatic heterocycles. The largest absolute Gasteiger partial charge is 0.469 e. The van der Waals surface area contributed by atoms with Gasteiger partial charge in [-0.1, -0.05) is 0 Å². The highest BCUT2D eigenvalue weighted by Crippen LogP contribution is 2.52. The zero-order valence-electron chi connectivity index (χ0n) is 6.46. The highest BCUT2D eigenvalue weighted by atomic mass is 32.1. The summed E-state index contributed by atoms with van der Waals surface area (Å²) in [6, 6.07) is 0. The fourth-order valence-corrected chi connectivity index (χ4v) is 1.61. The summed E-state index contributed by atoms with van der Waals surface area (Å²) in [6.07, 6.45) is 0. The molecule has 72 valence electrons. The lowest BCUT2D eigenvalue weighted by Crippen LogP contribution is -1.90. The van der Waals surface area contributed by atoms with E-state index < -0.39 is 7.60 Å². The van der Waals surface area contributed by atoms with Gasteiger partial charge in [0.25, 0.3) is 5.95 Å². The Kier molecular flexibility index (Phi) is 5.86. The summed E-state index contributed by atoms with van der Waals surface area (Å²) in [5.41, 5.74) is 0. The minimum absolute atomic E-state index is 0.00133. The van der Waals surface area contributed by atoms with Gasteiger partial charge in [-0.25, -0.2) is 7.94 Å². The van der Waals surface area contributed by atoms with Crippen molar-refractivity contribution in [1.29, 1.82) is 0 Å². The van der Waals surface area contributed by atoms with Crippen molar-refractivity contribution in [1.82, 2.24) is 0 Å². The maximum atomic E-state index is 11.2. The van der Waals surface area contributed by atoms with Gasteiger partial charge in [-0.3, -0.25) is 4.57 Å². The summed E-state index contributed by atoms with van der Waals surface area (Å²) < 4.78 is 29.0. The van der Waals surface area contributed by atoms with Gasteiger partial charge >= 0.3 is 7.60 Å². The predicted molar refractivity (Wildman–Crippen MR) is 49.8 cm³/mol. The van der Waals surface area contributed by atoms with E-state index in [-0.39, 0.29) is 5.95 Å². The third kappa shape index (κ3) is 3.73. The van der Waals surface area contributed by atoms with Crippen molar-refractivity contribution < 1.29 is 22.0 Å². The van der Waals surface area contributed by atoms with Gasteiger partial charge in [0.1, 0.15) is 5.82 Å². The van der Waals surface area contributed by atoms with Gasteiger partial charge in [-0.05, 0) is 25.8 Å². The Bertz CT molecular complexity index is 192. The monoisotopic (exact) mass is 232 g/mol. The van der Waals surface area contributed by atoms with Gasteiger partial charge in [-0.2, -0.15) is 0 Å². The quantitative estimate of drug-likeness (QED) is 0.328. The van der Waals surface area contributed by atoms with Crippen molar-refractivity contribution in [2.45, 2.75) is 0 Å². The van der Waals surface area contributed by atoms with E-state index in [1.165, 1.54) is 14.2 Å². The van der Waals surface area contributed by atoms with Crippen LogP contribution in [0.25, 0.3) is 0 Å². The van der Waals surface area contributed by atoms with Crippen molar-refractivity contribution in [3.8, 4) is 0 Å². The van der Waals surface area contributed by atoms with Crippen molar-refractivity contribution >= 4 is 33.4 Å². The molecule has 0 aromatic carbocycles. The van der Waals surface area contributed by atoms with Crippen LogP contribution >= 0.6 is 33.4 Å². The molecule has 0 heterocycles. The number of ether oxygens (including phenoxy) is 2. The normalized spacial score (nSPS) is 10.7. The first kappa shape index (κ1) is 12.2. The van der Waals surface area contributed by atoms with Crippen LogP contribution in [-0.2, 0) is 22.0 Å². The van der Waals surface area contributed by atoms with Crippen LogP contribution in [0.3, 0.4) is 0 Å². The lowest BCUT2D eigenvalue weighted by molar-refractivity contribution is 0.0959. The molecule has 5 nitrogen and oxygen atoms in total. The number of hydrogen-bond acceptors (Lipinski definition) is 7. The van der Waals surface area contributed by atoms with Crippen molar-refractivity contribution in [3.63, 3.8) is 0 Å². The molecule has 0 rings (SSSR count). The molecule has 0 aromatic rings. The van der Waals surface area contributed by atoms with Crippen LogP contribution in [0, 0.1) is 0 Å². The molecule has 0 N–H and O–H groups in total. The summed E-state index contributed by atoms with van der Waals surface area (Å²) in [5.74, 6) is 1.01. The van der Waals surface area contributed by atoms with Gasteiger partial charge in [0.2, 0.25) is 0 Å². The summed E-state index contributed by atoms with van der Waals surface area (Å²) in [5, 5.41) is 0. The number of hydrogen-bond donors (Lipinski definition) is 2. The molecule has 0 unspecified atom stereocenters.